The molecule has 2 atom stereocenters. The van der Waals surface area contributed by atoms with Crippen molar-refractivity contribution in [2.24, 2.45) is 5.73 Å². The van der Waals surface area contributed by atoms with Gasteiger partial charge in [0.05, 0.1) is 6.10 Å². The van der Waals surface area contributed by atoms with Crippen molar-refractivity contribution in [1.82, 2.24) is 4.90 Å². The molecule has 0 amide bonds. The topological polar surface area (TPSA) is 38.5 Å². The second-order valence-electron chi connectivity index (χ2n) is 6.24. The molecule has 118 valence electrons. The summed E-state index contributed by atoms with van der Waals surface area (Å²) in [5.41, 5.74) is 10.2. The Morgan fingerprint density at radius 1 is 1.38 bits per heavy atom. The average Bonchev–Trinajstić information content (AvgIpc) is 2.50. The fourth-order valence-corrected chi connectivity index (χ4v) is 3.26. The molecule has 0 radical (unpaired) electrons. The summed E-state index contributed by atoms with van der Waals surface area (Å²) in [5, 5.41) is 0. The van der Waals surface area contributed by atoms with Crippen LogP contribution in [0.15, 0.2) is 18.2 Å². The van der Waals surface area contributed by atoms with Gasteiger partial charge < -0.3 is 10.5 Å². The van der Waals surface area contributed by atoms with Crippen LogP contribution in [0.2, 0.25) is 0 Å². The van der Waals surface area contributed by atoms with Crippen LogP contribution in [0.1, 0.15) is 48.9 Å². The van der Waals surface area contributed by atoms with E-state index in [2.05, 4.69) is 43.9 Å². The number of likely N-dealkylation sites (tertiary alicyclic amines) is 1. The summed E-state index contributed by atoms with van der Waals surface area (Å²) in [6, 6.07) is 7.00. The lowest BCUT2D eigenvalue weighted by Crippen LogP contribution is -2.44. The lowest BCUT2D eigenvalue weighted by Gasteiger charge is -2.38. The highest BCUT2D eigenvalue weighted by molar-refractivity contribution is 5.33. The molecule has 0 aliphatic carbocycles. The molecule has 1 saturated heterocycles. The molecule has 1 aromatic carbocycles. The number of piperidine rings is 1. The lowest BCUT2D eigenvalue weighted by molar-refractivity contribution is -0.0119. The second kappa shape index (κ2) is 7.92. The molecule has 1 aromatic rings. The predicted molar refractivity (Wildman–Crippen MR) is 88.5 cm³/mol. The van der Waals surface area contributed by atoms with Crippen LogP contribution in [-0.2, 0) is 4.74 Å². The van der Waals surface area contributed by atoms with Crippen LogP contribution in [-0.4, -0.2) is 37.2 Å². The normalized spacial score (nSPS) is 21.4. The molecule has 0 aromatic heterocycles. The van der Waals surface area contributed by atoms with Crippen LogP contribution >= 0.6 is 0 Å². The van der Waals surface area contributed by atoms with Gasteiger partial charge in [-0.15, -0.1) is 0 Å². The monoisotopic (exact) mass is 290 g/mol. The number of hydrogen-bond acceptors (Lipinski definition) is 3. The van der Waals surface area contributed by atoms with E-state index in [0.717, 1.165) is 26.1 Å². The van der Waals surface area contributed by atoms with Gasteiger partial charge in [-0.25, -0.2) is 0 Å². The van der Waals surface area contributed by atoms with Gasteiger partial charge in [0.15, 0.2) is 0 Å². The minimum atomic E-state index is 0.318. The van der Waals surface area contributed by atoms with E-state index < -0.39 is 0 Å². The first kappa shape index (κ1) is 16.5. The molecule has 2 unspecified atom stereocenters. The number of benzene rings is 1. The van der Waals surface area contributed by atoms with Crippen molar-refractivity contribution in [3.63, 3.8) is 0 Å². The van der Waals surface area contributed by atoms with Gasteiger partial charge in [0.2, 0.25) is 0 Å². The highest BCUT2D eigenvalue weighted by Crippen LogP contribution is 2.27. The van der Waals surface area contributed by atoms with Gasteiger partial charge in [-0.3, -0.25) is 4.90 Å². The van der Waals surface area contributed by atoms with Crippen LogP contribution in [0.25, 0.3) is 0 Å². The van der Waals surface area contributed by atoms with Gasteiger partial charge in [0.1, 0.15) is 0 Å². The number of nitrogens with zero attached hydrogens (tertiary/aromatic N) is 1. The highest BCUT2D eigenvalue weighted by Gasteiger charge is 2.27. The van der Waals surface area contributed by atoms with E-state index in [4.69, 9.17) is 10.5 Å². The summed E-state index contributed by atoms with van der Waals surface area (Å²) in [4.78, 5) is 2.52. The first-order valence-electron chi connectivity index (χ1n) is 8.28. The fraction of sp³-hybridized carbons (Fsp3) is 0.667. The number of nitrogens with two attached hydrogens (primary N) is 1. The third-order valence-corrected chi connectivity index (χ3v) is 4.43. The molecule has 1 fully saturated rings. The molecular formula is C18H30N2O. The number of ether oxygens (including phenoxy) is 1. The van der Waals surface area contributed by atoms with Crippen molar-refractivity contribution in [3.05, 3.63) is 34.9 Å². The predicted octanol–water partition coefficient (Wildman–Crippen LogP) is 3.19. The van der Waals surface area contributed by atoms with E-state index in [9.17, 15) is 0 Å². The van der Waals surface area contributed by atoms with E-state index in [-0.39, 0.29) is 0 Å². The average molecular weight is 290 g/mol. The Hall–Kier alpha value is -0.900. The number of aryl methyl sites for hydroxylation is 2. The molecule has 2 rings (SSSR count). The Balaban J connectivity index is 2.11. The smallest absolute Gasteiger partial charge is 0.0702 e. The minimum absolute atomic E-state index is 0.318. The van der Waals surface area contributed by atoms with Crippen LogP contribution in [0.4, 0.5) is 0 Å². The molecular weight excluding hydrogens is 260 g/mol. The summed E-state index contributed by atoms with van der Waals surface area (Å²) in [6.45, 7) is 10.2. The summed E-state index contributed by atoms with van der Waals surface area (Å²) in [7, 11) is 0. The van der Waals surface area contributed by atoms with Crippen molar-refractivity contribution in [2.45, 2.75) is 52.2 Å². The van der Waals surface area contributed by atoms with Crippen molar-refractivity contribution in [2.75, 3.05) is 26.2 Å². The van der Waals surface area contributed by atoms with Crippen molar-refractivity contribution in [1.29, 1.82) is 0 Å². The SMILES string of the molecule is CCCOC1CCCN(C(CN)c2cc(C)ccc2C)C1. The maximum atomic E-state index is 6.12. The maximum Gasteiger partial charge on any atom is 0.0702 e. The Kier molecular flexibility index (Phi) is 6.22. The molecule has 0 saturated carbocycles. The lowest BCUT2D eigenvalue weighted by atomic mass is 9.95. The third kappa shape index (κ3) is 4.29. The molecule has 1 aliphatic rings. The third-order valence-electron chi connectivity index (χ3n) is 4.43. The van der Waals surface area contributed by atoms with Gasteiger partial charge in [-0.1, -0.05) is 30.7 Å². The molecule has 3 nitrogen and oxygen atoms in total. The van der Waals surface area contributed by atoms with Crippen molar-refractivity contribution < 1.29 is 4.74 Å². The second-order valence-corrected chi connectivity index (χ2v) is 6.24. The molecule has 0 bridgehead atoms. The largest absolute Gasteiger partial charge is 0.377 e. The highest BCUT2D eigenvalue weighted by atomic mass is 16.5. The van der Waals surface area contributed by atoms with E-state index in [1.807, 2.05) is 0 Å². The Morgan fingerprint density at radius 2 is 2.19 bits per heavy atom. The van der Waals surface area contributed by atoms with Gasteiger partial charge in [0, 0.05) is 25.7 Å². The van der Waals surface area contributed by atoms with Gasteiger partial charge in [-0.2, -0.15) is 0 Å². The zero-order valence-electron chi connectivity index (χ0n) is 13.8. The van der Waals surface area contributed by atoms with E-state index in [1.165, 1.54) is 29.5 Å². The van der Waals surface area contributed by atoms with E-state index >= 15 is 0 Å². The summed E-state index contributed by atoms with van der Waals surface area (Å²) < 4.78 is 5.96. The van der Waals surface area contributed by atoms with E-state index in [0.29, 0.717) is 18.7 Å². The molecule has 2 N–H and O–H groups in total. The fourth-order valence-electron chi connectivity index (χ4n) is 3.26. The first-order valence-corrected chi connectivity index (χ1v) is 8.28. The molecule has 3 heteroatoms. The Labute approximate surface area is 129 Å². The van der Waals surface area contributed by atoms with Gasteiger partial charge >= 0.3 is 0 Å². The Bertz CT molecular complexity index is 447. The van der Waals surface area contributed by atoms with Crippen LogP contribution in [0, 0.1) is 13.8 Å². The summed E-state index contributed by atoms with van der Waals surface area (Å²) in [5.74, 6) is 0. The van der Waals surface area contributed by atoms with Gasteiger partial charge in [0.25, 0.3) is 0 Å². The molecule has 21 heavy (non-hydrogen) atoms. The number of rotatable bonds is 6. The quantitative estimate of drug-likeness (QED) is 0.874. The molecule has 0 spiro atoms. The van der Waals surface area contributed by atoms with Crippen LogP contribution < -0.4 is 5.73 Å². The van der Waals surface area contributed by atoms with Crippen LogP contribution in [0.5, 0.6) is 0 Å². The zero-order chi connectivity index (χ0) is 15.2. The molecule has 1 heterocycles. The number of hydrogen-bond donors (Lipinski definition) is 1. The zero-order valence-corrected chi connectivity index (χ0v) is 13.8. The van der Waals surface area contributed by atoms with Gasteiger partial charge in [-0.05, 0) is 50.8 Å². The van der Waals surface area contributed by atoms with Crippen molar-refractivity contribution >= 4 is 0 Å². The summed E-state index contributed by atoms with van der Waals surface area (Å²) in [6.07, 6.45) is 3.85. The molecule has 1 aliphatic heterocycles. The standard InChI is InChI=1S/C18H30N2O/c1-4-10-21-16-6-5-9-20(13-16)18(12-19)17-11-14(2)7-8-15(17)3/h7-8,11,16,18H,4-6,9-10,12-13,19H2,1-3H3. The van der Waals surface area contributed by atoms with E-state index in [1.54, 1.807) is 0 Å². The van der Waals surface area contributed by atoms with Crippen LogP contribution in [0.3, 0.4) is 0 Å². The first-order chi connectivity index (χ1) is 10.2. The Morgan fingerprint density at radius 3 is 2.90 bits per heavy atom. The summed E-state index contributed by atoms with van der Waals surface area (Å²) >= 11 is 0. The van der Waals surface area contributed by atoms with Crippen molar-refractivity contribution in [3.8, 4) is 0 Å². The minimum Gasteiger partial charge on any atom is -0.377 e. The maximum absolute atomic E-state index is 6.12.